The van der Waals surface area contributed by atoms with Gasteiger partial charge in [-0.1, -0.05) is 7.43 Å². The first-order valence-corrected chi connectivity index (χ1v) is 3.48. The zero-order chi connectivity index (χ0) is 7.28. The lowest BCUT2D eigenvalue weighted by molar-refractivity contribution is 0.0604. The maximum absolute atomic E-state index is 5.24. The Hall–Kier alpha value is -0.0800. The minimum atomic E-state index is 0. The smallest absolute Gasteiger partial charge is 0.0970 e. The molecule has 10 heavy (non-hydrogen) atoms. The molecule has 0 radical (unpaired) electrons. The van der Waals surface area contributed by atoms with E-state index in [-0.39, 0.29) is 7.43 Å². The maximum atomic E-state index is 5.24. The molecular weight excluding hydrogens is 126 g/mol. The summed E-state index contributed by atoms with van der Waals surface area (Å²) in [7, 11) is 0. The Balaban J connectivity index is 0. The average Bonchev–Trinajstić information content (AvgIpc) is 1.63. The highest BCUT2D eigenvalue weighted by Crippen LogP contribution is 1.85. The standard InChI is InChI=1S/C7H17NO.CH4/c1-6(2)8-5-9-7(3)4;/h6-8H,5H2,1-4H3;1H4. The molecule has 0 heterocycles. The molecule has 0 bridgehead atoms. The van der Waals surface area contributed by atoms with Crippen molar-refractivity contribution in [3.05, 3.63) is 0 Å². The number of hydrogen-bond acceptors (Lipinski definition) is 2. The SMILES string of the molecule is C.CC(C)NCOC(C)C. The topological polar surface area (TPSA) is 21.3 Å². The van der Waals surface area contributed by atoms with Gasteiger partial charge in [-0.05, 0) is 27.7 Å². The van der Waals surface area contributed by atoms with E-state index in [1.165, 1.54) is 0 Å². The van der Waals surface area contributed by atoms with Crippen molar-refractivity contribution in [2.75, 3.05) is 6.73 Å². The van der Waals surface area contributed by atoms with Gasteiger partial charge in [-0.2, -0.15) is 0 Å². The van der Waals surface area contributed by atoms with E-state index in [4.69, 9.17) is 4.74 Å². The zero-order valence-corrected chi connectivity index (χ0v) is 6.77. The number of rotatable bonds is 4. The largest absolute Gasteiger partial charge is 0.364 e. The number of nitrogens with one attached hydrogen (secondary N) is 1. The van der Waals surface area contributed by atoms with Crippen LogP contribution >= 0.6 is 0 Å². The Morgan fingerprint density at radius 3 is 2.00 bits per heavy atom. The van der Waals surface area contributed by atoms with Crippen molar-refractivity contribution >= 4 is 0 Å². The first-order chi connectivity index (χ1) is 4.13. The monoisotopic (exact) mass is 147 g/mol. The molecule has 0 aliphatic carbocycles. The molecule has 2 heteroatoms. The number of hydrogen-bond donors (Lipinski definition) is 1. The Bertz CT molecular complexity index is 54.3. The molecule has 0 aliphatic heterocycles. The van der Waals surface area contributed by atoms with E-state index in [0.717, 1.165) is 0 Å². The van der Waals surface area contributed by atoms with Gasteiger partial charge in [0.1, 0.15) is 0 Å². The third kappa shape index (κ3) is 10.8. The van der Waals surface area contributed by atoms with E-state index >= 15 is 0 Å². The molecule has 0 saturated carbocycles. The van der Waals surface area contributed by atoms with Crippen LogP contribution in [-0.4, -0.2) is 18.9 Å². The first-order valence-electron chi connectivity index (χ1n) is 3.48. The lowest BCUT2D eigenvalue weighted by atomic mass is 10.4. The van der Waals surface area contributed by atoms with Gasteiger partial charge in [0, 0.05) is 6.04 Å². The van der Waals surface area contributed by atoms with Gasteiger partial charge in [0.15, 0.2) is 0 Å². The maximum Gasteiger partial charge on any atom is 0.0970 e. The fourth-order valence-corrected chi connectivity index (χ4v) is 0.381. The molecule has 0 aromatic carbocycles. The minimum absolute atomic E-state index is 0. The van der Waals surface area contributed by atoms with Crippen molar-refractivity contribution in [2.24, 2.45) is 0 Å². The van der Waals surface area contributed by atoms with Crippen LogP contribution in [0.15, 0.2) is 0 Å². The molecule has 0 aliphatic rings. The molecule has 0 atom stereocenters. The van der Waals surface area contributed by atoms with Crippen LogP contribution < -0.4 is 5.32 Å². The van der Waals surface area contributed by atoms with E-state index in [0.29, 0.717) is 18.9 Å². The van der Waals surface area contributed by atoms with Gasteiger partial charge in [0.05, 0.1) is 12.8 Å². The van der Waals surface area contributed by atoms with Crippen molar-refractivity contribution in [2.45, 2.75) is 47.3 Å². The second-order valence-electron chi connectivity index (χ2n) is 2.72. The molecule has 1 N–H and O–H groups in total. The lowest BCUT2D eigenvalue weighted by Crippen LogP contribution is -2.27. The van der Waals surface area contributed by atoms with Crippen molar-refractivity contribution in [1.29, 1.82) is 0 Å². The van der Waals surface area contributed by atoms with Gasteiger partial charge >= 0.3 is 0 Å². The summed E-state index contributed by atoms with van der Waals surface area (Å²) < 4.78 is 5.24. The quantitative estimate of drug-likeness (QED) is 0.614. The minimum Gasteiger partial charge on any atom is -0.364 e. The van der Waals surface area contributed by atoms with Crippen LogP contribution in [0.25, 0.3) is 0 Å². The van der Waals surface area contributed by atoms with Gasteiger partial charge in [0.25, 0.3) is 0 Å². The van der Waals surface area contributed by atoms with Crippen LogP contribution in [0.1, 0.15) is 35.1 Å². The normalized spacial score (nSPS) is 10.2. The van der Waals surface area contributed by atoms with Crippen molar-refractivity contribution in [3.8, 4) is 0 Å². The molecule has 0 saturated heterocycles. The van der Waals surface area contributed by atoms with Crippen molar-refractivity contribution in [3.63, 3.8) is 0 Å². The third-order valence-electron chi connectivity index (χ3n) is 0.908. The van der Waals surface area contributed by atoms with Crippen LogP contribution in [0.2, 0.25) is 0 Å². The molecule has 0 unspecified atom stereocenters. The van der Waals surface area contributed by atoms with Crippen LogP contribution in [0.4, 0.5) is 0 Å². The molecular formula is C8H21NO. The summed E-state index contributed by atoms with van der Waals surface area (Å²) in [4.78, 5) is 0. The van der Waals surface area contributed by atoms with Gasteiger partial charge in [-0.15, -0.1) is 0 Å². The van der Waals surface area contributed by atoms with E-state index in [1.807, 2.05) is 13.8 Å². The van der Waals surface area contributed by atoms with E-state index in [2.05, 4.69) is 19.2 Å². The van der Waals surface area contributed by atoms with Gasteiger partial charge in [-0.3, -0.25) is 5.32 Å². The Labute approximate surface area is 65.0 Å². The van der Waals surface area contributed by atoms with Crippen molar-refractivity contribution < 1.29 is 4.74 Å². The highest BCUT2D eigenvalue weighted by molar-refractivity contribution is 4.46. The fraction of sp³-hybridized carbons (Fsp3) is 1.00. The summed E-state index contributed by atoms with van der Waals surface area (Å²) in [5.74, 6) is 0. The van der Waals surface area contributed by atoms with Gasteiger partial charge in [-0.25, -0.2) is 0 Å². The summed E-state index contributed by atoms with van der Waals surface area (Å²) >= 11 is 0. The Kier molecular flexibility index (Phi) is 8.85. The van der Waals surface area contributed by atoms with Crippen molar-refractivity contribution in [1.82, 2.24) is 5.32 Å². The molecule has 0 spiro atoms. The zero-order valence-electron chi connectivity index (χ0n) is 6.77. The highest BCUT2D eigenvalue weighted by atomic mass is 16.5. The summed E-state index contributed by atoms with van der Waals surface area (Å²) in [6, 6.07) is 0.517. The van der Waals surface area contributed by atoms with E-state index in [1.54, 1.807) is 0 Å². The molecule has 2 nitrogen and oxygen atoms in total. The fourth-order valence-electron chi connectivity index (χ4n) is 0.381. The van der Waals surface area contributed by atoms with Crippen LogP contribution in [-0.2, 0) is 4.74 Å². The van der Waals surface area contributed by atoms with Crippen LogP contribution in [0.5, 0.6) is 0 Å². The summed E-state index contributed by atoms with van der Waals surface area (Å²) in [5, 5.41) is 3.15. The summed E-state index contributed by atoms with van der Waals surface area (Å²) in [6.45, 7) is 8.92. The van der Waals surface area contributed by atoms with Crippen LogP contribution in [0, 0.1) is 0 Å². The molecule has 0 aromatic heterocycles. The van der Waals surface area contributed by atoms with Gasteiger partial charge < -0.3 is 4.74 Å². The second kappa shape index (κ2) is 7.03. The Morgan fingerprint density at radius 1 is 1.20 bits per heavy atom. The molecule has 0 rings (SSSR count). The van der Waals surface area contributed by atoms with E-state index in [9.17, 15) is 0 Å². The van der Waals surface area contributed by atoms with E-state index < -0.39 is 0 Å². The first kappa shape index (κ1) is 12.6. The highest BCUT2D eigenvalue weighted by Gasteiger charge is 1.92. The summed E-state index contributed by atoms with van der Waals surface area (Å²) in [5.41, 5.74) is 0. The third-order valence-corrected chi connectivity index (χ3v) is 0.908. The molecule has 0 fully saturated rings. The molecule has 0 aromatic rings. The summed E-state index contributed by atoms with van der Waals surface area (Å²) in [6.07, 6.45) is 0.330. The van der Waals surface area contributed by atoms with Gasteiger partial charge in [0.2, 0.25) is 0 Å². The predicted molar refractivity (Wildman–Crippen MR) is 46.1 cm³/mol. The Morgan fingerprint density at radius 2 is 1.70 bits per heavy atom. The average molecular weight is 147 g/mol. The second-order valence-corrected chi connectivity index (χ2v) is 2.72. The lowest BCUT2D eigenvalue weighted by Gasteiger charge is -2.10. The number of ether oxygens (including phenoxy) is 1. The molecule has 0 amide bonds. The van der Waals surface area contributed by atoms with Crippen LogP contribution in [0.3, 0.4) is 0 Å². The predicted octanol–water partition coefficient (Wildman–Crippen LogP) is 2.00. The molecule has 64 valence electrons.